The van der Waals surface area contributed by atoms with Gasteiger partial charge in [-0.1, -0.05) is 106 Å². The quantitative estimate of drug-likeness (QED) is 0.466. The zero-order valence-corrected chi connectivity index (χ0v) is 14.5. The molecule has 2 saturated carbocycles. The van der Waals surface area contributed by atoms with Crippen LogP contribution in [0.3, 0.4) is 0 Å². The maximum atomic E-state index is 2.58. The summed E-state index contributed by atoms with van der Waals surface area (Å²) in [5.41, 5.74) is 0. The lowest BCUT2D eigenvalue weighted by molar-refractivity contribution is 0.467. The van der Waals surface area contributed by atoms with Crippen molar-refractivity contribution < 1.29 is 0 Å². The number of rotatable bonds is 4. The van der Waals surface area contributed by atoms with Crippen molar-refractivity contribution in [1.82, 2.24) is 0 Å². The minimum Gasteiger partial charge on any atom is -0.112 e. The number of hydrogen-bond donors (Lipinski definition) is 0. The zero-order valence-electron chi connectivity index (χ0n) is 13.6. The van der Waals surface area contributed by atoms with Crippen LogP contribution in [0.25, 0.3) is 0 Å². The highest BCUT2D eigenvalue weighted by molar-refractivity contribution is 7.95. The maximum absolute atomic E-state index is 2.58. The van der Waals surface area contributed by atoms with Gasteiger partial charge in [-0.2, -0.15) is 0 Å². The summed E-state index contributed by atoms with van der Waals surface area (Å²) in [7, 11) is 0.0152. The molecule has 0 bridgehead atoms. The van der Waals surface area contributed by atoms with Crippen molar-refractivity contribution in [2.75, 3.05) is 6.66 Å². The van der Waals surface area contributed by atoms with E-state index in [0.29, 0.717) is 0 Å². The van der Waals surface area contributed by atoms with E-state index >= 15 is 0 Å². The normalized spacial score (nSPS) is 22.9. The Labute approximate surface area is 132 Å². The molecule has 1 atom stereocenters. The van der Waals surface area contributed by atoms with E-state index in [0.717, 1.165) is 18.1 Å². The maximum Gasteiger partial charge on any atom is 0.182 e. The second-order valence-electron chi connectivity index (χ2n) is 7.23. The summed E-state index contributed by atoms with van der Waals surface area (Å²) in [6, 6.07) is 11.4. The van der Waals surface area contributed by atoms with Gasteiger partial charge in [0.15, 0.2) is 6.43 Å². The van der Waals surface area contributed by atoms with Crippen LogP contribution >= 0.6 is 7.80 Å². The topological polar surface area (TPSA) is 0 Å². The highest BCUT2D eigenvalue weighted by Crippen LogP contribution is 2.53. The van der Waals surface area contributed by atoms with Gasteiger partial charge in [0.25, 0.3) is 0 Å². The second-order valence-corrected chi connectivity index (χ2v) is 9.57. The van der Waals surface area contributed by atoms with Crippen LogP contribution in [0.15, 0.2) is 30.3 Å². The van der Waals surface area contributed by atoms with Gasteiger partial charge in [-0.15, -0.1) is 7.80 Å². The van der Waals surface area contributed by atoms with Crippen LogP contribution in [0.2, 0.25) is 11.6 Å². The van der Waals surface area contributed by atoms with Gasteiger partial charge < -0.3 is 0 Å². The molecule has 0 aromatic heterocycles. The van der Waals surface area contributed by atoms with Crippen LogP contribution in [-0.2, 0) is 0 Å². The van der Waals surface area contributed by atoms with Crippen molar-refractivity contribution in [3.05, 3.63) is 30.3 Å². The predicted molar refractivity (Wildman–Crippen MR) is 98.3 cm³/mol. The van der Waals surface area contributed by atoms with Gasteiger partial charge in [-0.05, 0) is 12.0 Å². The van der Waals surface area contributed by atoms with Gasteiger partial charge >= 0.3 is 0 Å². The molecule has 0 nitrogen and oxygen atoms in total. The van der Waals surface area contributed by atoms with Crippen LogP contribution in [0, 0.1) is 0 Å². The molecule has 2 aliphatic carbocycles. The molecule has 2 heteroatoms. The monoisotopic (exact) mass is 300 g/mol. The Hall–Kier alpha value is -0.285. The Morgan fingerprint density at radius 2 is 1.24 bits per heavy atom. The van der Waals surface area contributed by atoms with Crippen LogP contribution < -0.4 is 5.30 Å². The van der Waals surface area contributed by atoms with E-state index in [-0.39, 0.29) is 7.80 Å². The first-order chi connectivity index (χ1) is 10.4. The largest absolute Gasteiger partial charge is 0.182 e. The molecular weight excluding hydrogens is 270 g/mol. The average molecular weight is 300 g/mol. The molecule has 3 rings (SSSR count). The van der Waals surface area contributed by atoms with Crippen molar-refractivity contribution in [1.29, 1.82) is 0 Å². The molecule has 1 unspecified atom stereocenters. The molecule has 1 aromatic carbocycles. The fourth-order valence-electron chi connectivity index (χ4n) is 4.80. The van der Waals surface area contributed by atoms with E-state index in [4.69, 9.17) is 0 Å². The summed E-state index contributed by atoms with van der Waals surface area (Å²) in [5, 5.41) is 1.65. The highest BCUT2D eigenvalue weighted by Gasteiger charge is 2.38. The summed E-state index contributed by atoms with van der Waals surface area (Å²) >= 11 is 0. The van der Waals surface area contributed by atoms with Crippen molar-refractivity contribution in [2.45, 2.75) is 75.8 Å². The van der Waals surface area contributed by atoms with Gasteiger partial charge in [0.1, 0.15) is 0 Å². The van der Waals surface area contributed by atoms with Crippen molar-refractivity contribution >= 4 is 19.5 Å². The number of benzene rings is 1. The van der Waals surface area contributed by atoms with Crippen LogP contribution in [0.1, 0.15) is 64.2 Å². The van der Waals surface area contributed by atoms with E-state index in [1.807, 2.05) is 0 Å². The predicted octanol–water partition coefficient (Wildman–Crippen LogP) is 6.08. The summed E-state index contributed by atoms with van der Waals surface area (Å²) < 4.78 is 0. The molecule has 0 N–H and O–H groups in total. The fourth-order valence-corrected chi connectivity index (χ4v) is 7.65. The summed E-state index contributed by atoms with van der Waals surface area (Å²) in [6.45, 7) is 2.58. The van der Waals surface area contributed by atoms with Crippen molar-refractivity contribution in [2.24, 2.45) is 0 Å². The van der Waals surface area contributed by atoms with E-state index in [1.54, 1.807) is 5.30 Å². The summed E-state index contributed by atoms with van der Waals surface area (Å²) in [5.74, 6) is 2.05. The van der Waals surface area contributed by atoms with Crippen LogP contribution in [0.5, 0.6) is 0 Å². The third kappa shape index (κ3) is 3.92. The van der Waals surface area contributed by atoms with Gasteiger partial charge in [0, 0.05) is 0 Å². The highest BCUT2D eigenvalue weighted by atomic mass is 31.1. The Balaban J connectivity index is 1.80. The average Bonchev–Trinajstić information content (AvgIpc) is 2.58. The molecule has 0 radical (unpaired) electrons. The van der Waals surface area contributed by atoms with Gasteiger partial charge in [0.05, 0.1) is 0 Å². The minimum absolute atomic E-state index is 0.0152. The molecule has 2 fully saturated rings. The van der Waals surface area contributed by atoms with Gasteiger partial charge in [-0.3, -0.25) is 0 Å². The SMILES string of the molecule is CP(B(C1CCCCC1)C1CCCCC1)c1ccccc1. The minimum atomic E-state index is 0.0152. The molecule has 0 spiro atoms. The smallest absolute Gasteiger partial charge is 0.112 e. The van der Waals surface area contributed by atoms with E-state index in [9.17, 15) is 0 Å². The van der Waals surface area contributed by atoms with Crippen molar-refractivity contribution in [3.8, 4) is 0 Å². The molecule has 1 aromatic rings. The Morgan fingerprint density at radius 1 is 0.762 bits per heavy atom. The zero-order chi connectivity index (χ0) is 14.5. The van der Waals surface area contributed by atoms with Crippen LogP contribution in [-0.4, -0.2) is 13.1 Å². The van der Waals surface area contributed by atoms with E-state index < -0.39 is 0 Å². The standard InChI is InChI=1S/C19H30BP/c1-21(19-15-9-4-10-16-19)20(17-11-5-2-6-12-17)18-13-7-3-8-14-18/h4,9-10,15-18H,2-3,5-8,11-14H2,1H3. The number of hydrogen-bond acceptors (Lipinski definition) is 0. The molecule has 0 saturated heterocycles. The molecule has 0 aliphatic heterocycles. The molecule has 0 amide bonds. The van der Waals surface area contributed by atoms with Crippen molar-refractivity contribution in [3.63, 3.8) is 0 Å². The molecule has 0 heterocycles. The lowest BCUT2D eigenvalue weighted by Crippen LogP contribution is -2.31. The second kappa shape index (κ2) is 7.82. The van der Waals surface area contributed by atoms with Crippen LogP contribution in [0.4, 0.5) is 0 Å². The van der Waals surface area contributed by atoms with Gasteiger partial charge in [-0.25, -0.2) is 0 Å². The fraction of sp³-hybridized carbons (Fsp3) is 0.684. The first-order valence-electron chi connectivity index (χ1n) is 9.14. The summed E-state index contributed by atoms with van der Waals surface area (Å²) in [4.78, 5) is 0. The first-order valence-corrected chi connectivity index (χ1v) is 11.0. The Morgan fingerprint density at radius 3 is 1.71 bits per heavy atom. The first kappa shape index (κ1) is 15.6. The Bertz CT molecular complexity index is 389. The lowest BCUT2D eigenvalue weighted by atomic mass is 9.46. The molecule has 2 aliphatic rings. The Kier molecular flexibility index (Phi) is 5.81. The third-order valence-electron chi connectivity index (χ3n) is 5.88. The van der Waals surface area contributed by atoms with E-state index in [2.05, 4.69) is 37.0 Å². The molecule has 21 heavy (non-hydrogen) atoms. The molecule has 114 valence electrons. The summed E-state index contributed by atoms with van der Waals surface area (Å²) in [6.07, 6.45) is 16.0. The third-order valence-corrected chi connectivity index (χ3v) is 8.73. The van der Waals surface area contributed by atoms with Gasteiger partial charge in [0.2, 0.25) is 0 Å². The molecular formula is C19H30BP. The van der Waals surface area contributed by atoms with E-state index in [1.165, 1.54) is 64.2 Å². The lowest BCUT2D eigenvalue weighted by Gasteiger charge is -2.39.